The van der Waals surface area contributed by atoms with Crippen LogP contribution in [0.2, 0.25) is 0 Å². The fourth-order valence-corrected chi connectivity index (χ4v) is 2.84. The van der Waals surface area contributed by atoms with Crippen molar-refractivity contribution in [2.24, 2.45) is 0 Å². The molecule has 23 heavy (non-hydrogen) atoms. The minimum absolute atomic E-state index is 0.179. The second-order valence-corrected chi connectivity index (χ2v) is 5.85. The lowest BCUT2D eigenvalue weighted by molar-refractivity contribution is -0.141. The van der Waals surface area contributed by atoms with Gasteiger partial charge in [0.1, 0.15) is 13.2 Å². The molecule has 0 spiro atoms. The Morgan fingerprint density at radius 1 is 0.870 bits per heavy atom. The molecule has 0 radical (unpaired) electrons. The molecule has 0 unspecified atom stereocenters. The fraction of sp³-hybridized carbons (Fsp3) is 0.556. The van der Waals surface area contributed by atoms with Gasteiger partial charge in [-0.1, -0.05) is 12.8 Å². The zero-order valence-corrected chi connectivity index (χ0v) is 13.9. The molecule has 0 fully saturated rings. The van der Waals surface area contributed by atoms with E-state index in [9.17, 15) is 9.59 Å². The standard InChI is InChI=1S/C18H24O5/c1-13(19)22-11-17-15-7-5-3-4-6-8-16(10-21-9-15)18(17)12-23-14(2)20/h9-10H,3-8,11-12H2,1-2H3. The Morgan fingerprint density at radius 2 is 1.30 bits per heavy atom. The van der Waals surface area contributed by atoms with Crippen molar-refractivity contribution in [2.75, 3.05) is 13.2 Å². The molecule has 0 aromatic rings. The molecule has 126 valence electrons. The van der Waals surface area contributed by atoms with Crippen LogP contribution in [0.3, 0.4) is 0 Å². The van der Waals surface area contributed by atoms with Crippen LogP contribution in [0.1, 0.15) is 52.4 Å². The summed E-state index contributed by atoms with van der Waals surface area (Å²) >= 11 is 0. The minimum atomic E-state index is -0.327. The lowest BCUT2D eigenvalue weighted by Gasteiger charge is -2.19. The molecule has 1 aliphatic carbocycles. The van der Waals surface area contributed by atoms with Gasteiger partial charge in [0.2, 0.25) is 0 Å². The number of rotatable bonds is 4. The van der Waals surface area contributed by atoms with Crippen LogP contribution in [-0.4, -0.2) is 25.2 Å². The van der Waals surface area contributed by atoms with Crippen molar-refractivity contribution < 1.29 is 23.8 Å². The van der Waals surface area contributed by atoms with Crippen LogP contribution in [0.4, 0.5) is 0 Å². The van der Waals surface area contributed by atoms with E-state index in [1.165, 1.54) is 26.7 Å². The third-order valence-corrected chi connectivity index (χ3v) is 4.04. The Morgan fingerprint density at radius 3 is 1.70 bits per heavy atom. The number of hydrogen-bond donors (Lipinski definition) is 0. The predicted octanol–water partition coefficient (Wildman–Crippen LogP) is 3.56. The number of esters is 2. The van der Waals surface area contributed by atoms with Crippen LogP contribution in [0.15, 0.2) is 34.8 Å². The van der Waals surface area contributed by atoms with Gasteiger partial charge in [0, 0.05) is 25.0 Å². The smallest absolute Gasteiger partial charge is 0.302 e. The molecule has 0 saturated heterocycles. The largest absolute Gasteiger partial charge is 0.472 e. The quantitative estimate of drug-likeness (QED) is 0.741. The van der Waals surface area contributed by atoms with Crippen LogP contribution in [0.5, 0.6) is 0 Å². The van der Waals surface area contributed by atoms with Crippen molar-refractivity contribution in [1.29, 1.82) is 0 Å². The molecule has 1 aliphatic heterocycles. The molecular formula is C18H24O5. The van der Waals surface area contributed by atoms with Gasteiger partial charge < -0.3 is 14.2 Å². The molecule has 0 aromatic heterocycles. The number of carbonyl (C=O) groups is 2. The lowest BCUT2D eigenvalue weighted by Crippen LogP contribution is -2.14. The molecule has 0 aromatic carbocycles. The van der Waals surface area contributed by atoms with Crippen molar-refractivity contribution in [1.82, 2.24) is 0 Å². The van der Waals surface area contributed by atoms with Crippen molar-refractivity contribution >= 4 is 11.9 Å². The Hall–Kier alpha value is -2.04. The van der Waals surface area contributed by atoms with E-state index in [0.29, 0.717) is 0 Å². The summed E-state index contributed by atoms with van der Waals surface area (Å²) in [6.45, 7) is 3.14. The first-order valence-corrected chi connectivity index (χ1v) is 8.11. The van der Waals surface area contributed by atoms with Gasteiger partial charge >= 0.3 is 11.9 Å². The molecule has 2 bridgehead atoms. The summed E-state index contributed by atoms with van der Waals surface area (Å²) in [4.78, 5) is 22.5. The van der Waals surface area contributed by atoms with E-state index in [-0.39, 0.29) is 25.2 Å². The molecule has 0 N–H and O–H groups in total. The Bertz CT molecular complexity index is 506. The highest BCUT2D eigenvalue weighted by molar-refractivity contribution is 5.67. The number of hydrogen-bond acceptors (Lipinski definition) is 5. The highest BCUT2D eigenvalue weighted by Crippen LogP contribution is 2.32. The third kappa shape index (κ3) is 5.27. The van der Waals surface area contributed by atoms with Crippen molar-refractivity contribution in [3.8, 4) is 0 Å². The van der Waals surface area contributed by atoms with Crippen LogP contribution in [0.25, 0.3) is 0 Å². The summed E-state index contributed by atoms with van der Waals surface area (Å²) in [6.07, 6.45) is 9.65. The van der Waals surface area contributed by atoms with E-state index in [2.05, 4.69) is 0 Å². The Labute approximate surface area is 137 Å². The van der Waals surface area contributed by atoms with Gasteiger partial charge in [0.15, 0.2) is 0 Å². The first-order chi connectivity index (χ1) is 11.1. The Balaban J connectivity index is 2.38. The van der Waals surface area contributed by atoms with Gasteiger partial charge in [-0.25, -0.2) is 0 Å². The average molecular weight is 320 g/mol. The maximum atomic E-state index is 11.2. The molecule has 2 rings (SSSR count). The SMILES string of the molecule is CC(=O)OCC1=C(COC(C)=O)C2=COC=C1CCCCCC2. The van der Waals surface area contributed by atoms with Gasteiger partial charge in [-0.3, -0.25) is 9.59 Å². The normalized spacial score (nSPS) is 18.3. The number of ether oxygens (including phenoxy) is 3. The number of carbonyl (C=O) groups excluding carboxylic acids is 2. The van der Waals surface area contributed by atoms with E-state index in [0.717, 1.165) is 48.0 Å². The van der Waals surface area contributed by atoms with Crippen LogP contribution in [0, 0.1) is 0 Å². The summed E-state index contributed by atoms with van der Waals surface area (Å²) in [7, 11) is 0. The van der Waals surface area contributed by atoms with E-state index in [1.807, 2.05) is 0 Å². The Kier molecular flexibility index (Phi) is 6.44. The van der Waals surface area contributed by atoms with Gasteiger partial charge in [-0.05, 0) is 36.8 Å². The summed E-state index contributed by atoms with van der Waals surface area (Å²) in [5.41, 5.74) is 3.85. The van der Waals surface area contributed by atoms with E-state index in [4.69, 9.17) is 14.2 Å². The van der Waals surface area contributed by atoms with Crippen LogP contribution < -0.4 is 0 Å². The van der Waals surface area contributed by atoms with Crippen LogP contribution in [-0.2, 0) is 23.8 Å². The predicted molar refractivity (Wildman–Crippen MR) is 85.2 cm³/mol. The monoisotopic (exact) mass is 320 g/mol. The maximum Gasteiger partial charge on any atom is 0.302 e. The molecule has 2 aliphatic rings. The molecule has 1 heterocycles. The summed E-state index contributed by atoms with van der Waals surface area (Å²) in [5, 5.41) is 0. The van der Waals surface area contributed by atoms with Crippen LogP contribution >= 0.6 is 0 Å². The second-order valence-electron chi connectivity index (χ2n) is 5.85. The average Bonchev–Trinajstić information content (AvgIpc) is 2.69. The molecule has 5 nitrogen and oxygen atoms in total. The highest BCUT2D eigenvalue weighted by atomic mass is 16.5. The first kappa shape index (κ1) is 17.3. The fourth-order valence-electron chi connectivity index (χ4n) is 2.84. The van der Waals surface area contributed by atoms with Crippen molar-refractivity contribution in [3.05, 3.63) is 34.8 Å². The minimum Gasteiger partial charge on any atom is -0.472 e. The number of fused-ring (bicyclic) bond motifs is 2. The summed E-state index contributed by atoms with van der Waals surface area (Å²) < 4.78 is 16.0. The van der Waals surface area contributed by atoms with E-state index >= 15 is 0 Å². The molecular weight excluding hydrogens is 296 g/mol. The molecule has 0 saturated carbocycles. The summed E-state index contributed by atoms with van der Waals surface area (Å²) in [6, 6.07) is 0. The van der Waals surface area contributed by atoms with Gasteiger partial charge in [-0.15, -0.1) is 0 Å². The van der Waals surface area contributed by atoms with E-state index in [1.54, 1.807) is 12.5 Å². The zero-order chi connectivity index (χ0) is 16.7. The first-order valence-electron chi connectivity index (χ1n) is 8.11. The van der Waals surface area contributed by atoms with Crippen molar-refractivity contribution in [3.63, 3.8) is 0 Å². The zero-order valence-electron chi connectivity index (χ0n) is 13.9. The second kappa shape index (κ2) is 8.56. The molecule has 0 atom stereocenters. The lowest BCUT2D eigenvalue weighted by atomic mass is 9.89. The highest BCUT2D eigenvalue weighted by Gasteiger charge is 2.21. The van der Waals surface area contributed by atoms with Crippen molar-refractivity contribution in [2.45, 2.75) is 52.4 Å². The van der Waals surface area contributed by atoms with Gasteiger partial charge in [-0.2, -0.15) is 0 Å². The summed E-state index contributed by atoms with van der Waals surface area (Å²) in [5.74, 6) is -0.655. The van der Waals surface area contributed by atoms with Gasteiger partial charge in [0.25, 0.3) is 0 Å². The molecule has 5 heteroatoms. The maximum absolute atomic E-state index is 11.2. The van der Waals surface area contributed by atoms with Gasteiger partial charge in [0.05, 0.1) is 12.5 Å². The molecule has 0 amide bonds. The van der Waals surface area contributed by atoms with E-state index < -0.39 is 0 Å². The third-order valence-electron chi connectivity index (χ3n) is 4.04. The topological polar surface area (TPSA) is 61.8 Å².